The van der Waals surface area contributed by atoms with E-state index >= 15 is 0 Å². The van der Waals surface area contributed by atoms with Crippen LogP contribution in [0.1, 0.15) is 24.1 Å². The molecule has 0 heterocycles. The molecule has 0 saturated carbocycles. The van der Waals surface area contributed by atoms with Gasteiger partial charge in [0.15, 0.2) is 0 Å². The average molecular weight is 241 g/mol. The second-order valence-corrected chi connectivity index (χ2v) is 4.59. The average Bonchev–Trinajstić information content (AvgIpc) is 2.39. The van der Waals surface area contributed by atoms with Crippen LogP contribution in [-0.4, -0.2) is 7.11 Å². The highest BCUT2D eigenvalue weighted by molar-refractivity contribution is 5.66. The van der Waals surface area contributed by atoms with Crippen molar-refractivity contribution < 1.29 is 4.74 Å². The van der Waals surface area contributed by atoms with E-state index in [0.29, 0.717) is 0 Å². The number of ether oxygens (including phenoxy) is 1. The third-order valence-corrected chi connectivity index (χ3v) is 3.17. The SMILES string of the molecule is COc1cccc(-c2ccc(C)c(C(C)N)c2)c1. The van der Waals surface area contributed by atoms with E-state index in [1.807, 2.05) is 25.1 Å². The summed E-state index contributed by atoms with van der Waals surface area (Å²) in [4.78, 5) is 0. The molecule has 18 heavy (non-hydrogen) atoms. The van der Waals surface area contributed by atoms with Gasteiger partial charge in [0.2, 0.25) is 0 Å². The number of nitrogens with two attached hydrogens (primary N) is 1. The van der Waals surface area contributed by atoms with Gasteiger partial charge in [-0.05, 0) is 54.3 Å². The first-order valence-corrected chi connectivity index (χ1v) is 6.12. The van der Waals surface area contributed by atoms with Crippen molar-refractivity contribution in [3.63, 3.8) is 0 Å². The normalized spacial score (nSPS) is 12.2. The molecule has 2 aromatic carbocycles. The molecule has 0 aliphatic heterocycles. The van der Waals surface area contributed by atoms with E-state index in [1.165, 1.54) is 16.7 Å². The molecule has 0 spiro atoms. The third-order valence-electron chi connectivity index (χ3n) is 3.17. The standard InChI is InChI=1S/C16H19NO/c1-11-7-8-14(10-16(11)12(2)17)13-5-4-6-15(9-13)18-3/h4-10,12H,17H2,1-3H3. The minimum Gasteiger partial charge on any atom is -0.497 e. The minimum atomic E-state index is 0.0514. The van der Waals surface area contributed by atoms with E-state index in [0.717, 1.165) is 11.3 Å². The van der Waals surface area contributed by atoms with Gasteiger partial charge in [-0.3, -0.25) is 0 Å². The van der Waals surface area contributed by atoms with Crippen LogP contribution < -0.4 is 10.5 Å². The molecule has 2 nitrogen and oxygen atoms in total. The van der Waals surface area contributed by atoms with Crippen molar-refractivity contribution in [2.75, 3.05) is 7.11 Å². The smallest absolute Gasteiger partial charge is 0.119 e. The van der Waals surface area contributed by atoms with Crippen LogP contribution in [0.4, 0.5) is 0 Å². The van der Waals surface area contributed by atoms with Gasteiger partial charge < -0.3 is 10.5 Å². The van der Waals surface area contributed by atoms with Gasteiger partial charge in [-0.25, -0.2) is 0 Å². The van der Waals surface area contributed by atoms with Gasteiger partial charge in [0.25, 0.3) is 0 Å². The van der Waals surface area contributed by atoms with Crippen LogP contribution in [0.5, 0.6) is 5.75 Å². The molecule has 0 amide bonds. The molecule has 0 bridgehead atoms. The fourth-order valence-corrected chi connectivity index (χ4v) is 2.11. The van der Waals surface area contributed by atoms with Crippen LogP contribution in [0, 0.1) is 6.92 Å². The highest BCUT2D eigenvalue weighted by Gasteiger charge is 2.06. The highest BCUT2D eigenvalue weighted by Crippen LogP contribution is 2.27. The number of methoxy groups -OCH3 is 1. The van der Waals surface area contributed by atoms with Crippen molar-refractivity contribution in [1.82, 2.24) is 0 Å². The summed E-state index contributed by atoms with van der Waals surface area (Å²) >= 11 is 0. The number of hydrogen-bond acceptors (Lipinski definition) is 2. The molecule has 2 rings (SSSR count). The molecule has 0 radical (unpaired) electrons. The van der Waals surface area contributed by atoms with E-state index in [4.69, 9.17) is 10.5 Å². The maximum Gasteiger partial charge on any atom is 0.119 e. The molecule has 0 saturated heterocycles. The first-order chi connectivity index (χ1) is 8.61. The van der Waals surface area contributed by atoms with Crippen molar-refractivity contribution in [2.24, 2.45) is 5.73 Å². The number of hydrogen-bond donors (Lipinski definition) is 1. The molecule has 2 N–H and O–H groups in total. The number of benzene rings is 2. The molecule has 0 aliphatic rings. The van der Waals surface area contributed by atoms with Gasteiger partial charge >= 0.3 is 0 Å². The summed E-state index contributed by atoms with van der Waals surface area (Å²) < 4.78 is 5.25. The first-order valence-electron chi connectivity index (χ1n) is 6.12. The summed E-state index contributed by atoms with van der Waals surface area (Å²) in [5.74, 6) is 0.871. The van der Waals surface area contributed by atoms with Gasteiger partial charge in [0, 0.05) is 6.04 Å². The molecule has 2 heteroatoms. The first kappa shape index (κ1) is 12.7. The van der Waals surface area contributed by atoms with Crippen molar-refractivity contribution in [3.8, 4) is 16.9 Å². The van der Waals surface area contributed by atoms with Crippen LogP contribution >= 0.6 is 0 Å². The maximum absolute atomic E-state index is 5.99. The fraction of sp³-hybridized carbons (Fsp3) is 0.250. The second kappa shape index (κ2) is 5.23. The zero-order chi connectivity index (χ0) is 13.1. The van der Waals surface area contributed by atoms with Crippen LogP contribution in [0.3, 0.4) is 0 Å². The van der Waals surface area contributed by atoms with Gasteiger partial charge in [0.1, 0.15) is 5.75 Å². The Labute approximate surface area is 108 Å². The van der Waals surface area contributed by atoms with Gasteiger partial charge in [-0.2, -0.15) is 0 Å². The largest absolute Gasteiger partial charge is 0.497 e. The predicted octanol–water partition coefficient (Wildman–Crippen LogP) is 3.69. The van der Waals surface area contributed by atoms with Gasteiger partial charge in [-0.15, -0.1) is 0 Å². The molecule has 0 aliphatic carbocycles. The zero-order valence-electron chi connectivity index (χ0n) is 11.1. The number of rotatable bonds is 3. The molecular weight excluding hydrogens is 222 g/mol. The van der Waals surface area contributed by atoms with E-state index in [-0.39, 0.29) is 6.04 Å². The summed E-state index contributed by atoms with van der Waals surface area (Å²) in [5.41, 5.74) is 10.7. The van der Waals surface area contributed by atoms with Crippen LogP contribution in [0.15, 0.2) is 42.5 Å². The monoisotopic (exact) mass is 241 g/mol. The van der Waals surface area contributed by atoms with Crippen molar-refractivity contribution >= 4 is 0 Å². The Morgan fingerprint density at radius 3 is 2.44 bits per heavy atom. The van der Waals surface area contributed by atoms with E-state index in [1.54, 1.807) is 7.11 Å². The quantitative estimate of drug-likeness (QED) is 0.889. The van der Waals surface area contributed by atoms with Crippen LogP contribution in [-0.2, 0) is 0 Å². The zero-order valence-corrected chi connectivity index (χ0v) is 11.1. The Morgan fingerprint density at radius 2 is 1.78 bits per heavy atom. The summed E-state index contributed by atoms with van der Waals surface area (Å²) in [6.45, 7) is 4.10. The van der Waals surface area contributed by atoms with Crippen molar-refractivity contribution in [2.45, 2.75) is 19.9 Å². The molecule has 0 fully saturated rings. The Balaban J connectivity index is 2.47. The molecule has 94 valence electrons. The molecule has 2 aromatic rings. The summed E-state index contributed by atoms with van der Waals surface area (Å²) in [6, 6.07) is 14.5. The summed E-state index contributed by atoms with van der Waals surface area (Å²) in [6.07, 6.45) is 0. The minimum absolute atomic E-state index is 0.0514. The summed E-state index contributed by atoms with van der Waals surface area (Å²) in [7, 11) is 1.68. The molecule has 1 atom stereocenters. The van der Waals surface area contributed by atoms with Crippen molar-refractivity contribution in [3.05, 3.63) is 53.6 Å². The Kier molecular flexibility index (Phi) is 3.68. The third kappa shape index (κ3) is 2.54. The molecule has 1 unspecified atom stereocenters. The van der Waals surface area contributed by atoms with Crippen LogP contribution in [0.2, 0.25) is 0 Å². The lowest BCUT2D eigenvalue weighted by atomic mass is 9.96. The maximum atomic E-state index is 5.99. The van der Waals surface area contributed by atoms with E-state index in [2.05, 4.69) is 31.2 Å². The fourth-order valence-electron chi connectivity index (χ4n) is 2.11. The lowest BCUT2D eigenvalue weighted by Gasteiger charge is -2.12. The predicted molar refractivity (Wildman–Crippen MR) is 75.8 cm³/mol. The molecule has 0 aromatic heterocycles. The lowest BCUT2D eigenvalue weighted by molar-refractivity contribution is 0.415. The van der Waals surface area contributed by atoms with Crippen molar-refractivity contribution in [1.29, 1.82) is 0 Å². The summed E-state index contributed by atoms with van der Waals surface area (Å²) in [5, 5.41) is 0. The van der Waals surface area contributed by atoms with Crippen LogP contribution in [0.25, 0.3) is 11.1 Å². The molecular formula is C16H19NO. The second-order valence-electron chi connectivity index (χ2n) is 4.59. The van der Waals surface area contributed by atoms with E-state index in [9.17, 15) is 0 Å². The Hall–Kier alpha value is -1.80. The Morgan fingerprint density at radius 1 is 1.06 bits per heavy atom. The topological polar surface area (TPSA) is 35.2 Å². The number of aryl methyl sites for hydroxylation is 1. The lowest BCUT2D eigenvalue weighted by Crippen LogP contribution is -2.06. The highest BCUT2D eigenvalue weighted by atomic mass is 16.5. The van der Waals surface area contributed by atoms with Gasteiger partial charge in [-0.1, -0.05) is 24.3 Å². The van der Waals surface area contributed by atoms with Gasteiger partial charge in [0.05, 0.1) is 7.11 Å². The van der Waals surface area contributed by atoms with E-state index < -0.39 is 0 Å². The Bertz CT molecular complexity index is 547.